The van der Waals surface area contributed by atoms with E-state index in [2.05, 4.69) is 37.7 Å². The number of likely N-dealkylation sites (tertiary alicyclic amines) is 1. The van der Waals surface area contributed by atoms with Crippen molar-refractivity contribution in [3.63, 3.8) is 0 Å². The molecule has 0 unspecified atom stereocenters. The fraction of sp³-hybridized carbons (Fsp3) is 0.316. The van der Waals surface area contributed by atoms with Crippen molar-refractivity contribution in [2.45, 2.75) is 25.8 Å². The minimum Gasteiger partial charge on any atom is -0.324 e. The number of aromatic nitrogens is 3. The number of carbonyl (C=O) groups is 1. The molecule has 1 aliphatic rings. The Kier molecular flexibility index (Phi) is 4.63. The van der Waals surface area contributed by atoms with E-state index in [0.29, 0.717) is 6.54 Å². The molecule has 134 valence electrons. The number of urea groups is 1. The van der Waals surface area contributed by atoms with E-state index >= 15 is 0 Å². The molecule has 3 aromatic rings. The molecule has 1 fully saturated rings. The predicted octanol–water partition coefficient (Wildman–Crippen LogP) is 4.24. The van der Waals surface area contributed by atoms with Gasteiger partial charge in [-0.05, 0) is 49.7 Å². The minimum absolute atomic E-state index is 0.0629. The molecule has 0 radical (unpaired) electrons. The highest BCUT2D eigenvalue weighted by atomic mass is 79.9. The van der Waals surface area contributed by atoms with Crippen LogP contribution in [0.15, 0.2) is 47.1 Å². The number of carbonyl (C=O) groups excluding carboxylic acids is 1. The molecule has 7 heteroatoms. The van der Waals surface area contributed by atoms with Crippen molar-refractivity contribution in [3.8, 4) is 0 Å². The summed E-state index contributed by atoms with van der Waals surface area (Å²) >= 11 is 3.40. The van der Waals surface area contributed by atoms with Crippen molar-refractivity contribution in [1.29, 1.82) is 0 Å². The largest absolute Gasteiger partial charge is 0.324 e. The van der Waals surface area contributed by atoms with Crippen LogP contribution in [0.3, 0.4) is 0 Å². The van der Waals surface area contributed by atoms with Gasteiger partial charge in [0.1, 0.15) is 11.3 Å². The summed E-state index contributed by atoms with van der Waals surface area (Å²) in [4.78, 5) is 23.7. The lowest BCUT2D eigenvalue weighted by molar-refractivity contribution is 0.222. The molecule has 2 amide bonds. The first-order valence-corrected chi connectivity index (χ1v) is 9.57. The molecular weight excluding hydrogens is 394 g/mol. The number of anilines is 1. The summed E-state index contributed by atoms with van der Waals surface area (Å²) in [7, 11) is 0. The normalized spacial score (nSPS) is 17.0. The number of hydrogen-bond acceptors (Lipinski definition) is 3. The molecule has 1 N–H and O–H groups in total. The molecule has 6 nitrogen and oxygen atoms in total. The second kappa shape index (κ2) is 7.07. The molecule has 1 atom stereocenters. The lowest BCUT2D eigenvalue weighted by Crippen LogP contribution is -2.33. The SMILES string of the molecule is CCn1c([C@H]2CCN(C(=O)Nc3ccc(Br)cc3)C2)nc2cccnc21. The summed E-state index contributed by atoms with van der Waals surface area (Å²) in [6.45, 7) is 4.33. The molecular formula is C19H20BrN5O. The summed E-state index contributed by atoms with van der Waals surface area (Å²) < 4.78 is 3.15. The van der Waals surface area contributed by atoms with Crippen molar-refractivity contribution in [3.05, 3.63) is 52.9 Å². The topological polar surface area (TPSA) is 63.1 Å². The number of aryl methyl sites for hydroxylation is 1. The van der Waals surface area contributed by atoms with Crippen LogP contribution in [-0.2, 0) is 6.54 Å². The average molecular weight is 414 g/mol. The van der Waals surface area contributed by atoms with E-state index in [1.54, 1.807) is 6.20 Å². The molecule has 0 bridgehead atoms. The third-order valence-corrected chi connectivity index (χ3v) is 5.31. The lowest BCUT2D eigenvalue weighted by Gasteiger charge is -2.17. The van der Waals surface area contributed by atoms with Crippen LogP contribution in [0.4, 0.5) is 10.5 Å². The number of rotatable bonds is 3. The standard InChI is InChI=1S/C19H20BrN5O/c1-2-25-17(23-16-4-3-10-21-18(16)25)13-9-11-24(12-13)19(26)22-15-7-5-14(20)6-8-15/h3-8,10,13H,2,9,11-12H2,1H3,(H,22,26)/t13-/m0/s1. The van der Waals surface area contributed by atoms with Crippen LogP contribution in [0.1, 0.15) is 25.1 Å². The molecule has 1 saturated heterocycles. The van der Waals surface area contributed by atoms with Crippen LogP contribution in [0, 0.1) is 0 Å². The number of nitrogens with zero attached hydrogens (tertiary/aromatic N) is 4. The Hall–Kier alpha value is -2.41. The zero-order chi connectivity index (χ0) is 18.1. The predicted molar refractivity (Wildman–Crippen MR) is 105 cm³/mol. The van der Waals surface area contributed by atoms with Crippen LogP contribution in [0.2, 0.25) is 0 Å². The van der Waals surface area contributed by atoms with E-state index in [4.69, 9.17) is 4.98 Å². The van der Waals surface area contributed by atoms with Gasteiger partial charge in [-0.3, -0.25) is 0 Å². The molecule has 1 aliphatic heterocycles. The molecule has 0 spiro atoms. The van der Waals surface area contributed by atoms with E-state index in [0.717, 1.165) is 46.7 Å². The number of nitrogens with one attached hydrogen (secondary N) is 1. The molecule has 0 aliphatic carbocycles. The van der Waals surface area contributed by atoms with Crippen LogP contribution >= 0.6 is 15.9 Å². The Labute approximate surface area is 160 Å². The van der Waals surface area contributed by atoms with E-state index in [9.17, 15) is 4.79 Å². The van der Waals surface area contributed by atoms with Crippen molar-refractivity contribution in [2.75, 3.05) is 18.4 Å². The first-order valence-electron chi connectivity index (χ1n) is 8.78. The maximum atomic E-state index is 12.6. The average Bonchev–Trinajstić information content (AvgIpc) is 3.27. The Balaban J connectivity index is 1.50. The zero-order valence-electron chi connectivity index (χ0n) is 14.5. The summed E-state index contributed by atoms with van der Waals surface area (Å²) in [5, 5.41) is 2.96. The Bertz CT molecular complexity index is 937. The number of pyridine rings is 1. The Morgan fingerprint density at radius 3 is 2.88 bits per heavy atom. The summed E-state index contributed by atoms with van der Waals surface area (Å²) in [6.07, 6.45) is 2.71. The van der Waals surface area contributed by atoms with Gasteiger partial charge in [-0.25, -0.2) is 14.8 Å². The van der Waals surface area contributed by atoms with Gasteiger partial charge in [0.05, 0.1) is 0 Å². The first kappa shape index (κ1) is 17.0. The maximum Gasteiger partial charge on any atom is 0.321 e. The lowest BCUT2D eigenvalue weighted by atomic mass is 10.1. The maximum absolute atomic E-state index is 12.6. The van der Waals surface area contributed by atoms with Crippen LogP contribution in [0.25, 0.3) is 11.2 Å². The highest BCUT2D eigenvalue weighted by molar-refractivity contribution is 9.10. The van der Waals surface area contributed by atoms with E-state index in [-0.39, 0.29) is 11.9 Å². The van der Waals surface area contributed by atoms with E-state index < -0.39 is 0 Å². The molecule has 26 heavy (non-hydrogen) atoms. The molecule has 4 rings (SSSR count). The molecule has 3 heterocycles. The van der Waals surface area contributed by atoms with E-state index in [1.807, 2.05) is 41.3 Å². The van der Waals surface area contributed by atoms with Gasteiger partial charge < -0.3 is 14.8 Å². The minimum atomic E-state index is -0.0629. The molecule has 2 aromatic heterocycles. The van der Waals surface area contributed by atoms with Crippen molar-refractivity contribution >= 4 is 38.8 Å². The van der Waals surface area contributed by atoms with Gasteiger partial charge in [-0.1, -0.05) is 15.9 Å². The molecule has 1 aromatic carbocycles. The third kappa shape index (κ3) is 3.19. The summed E-state index contributed by atoms with van der Waals surface area (Å²) in [6, 6.07) is 11.4. The number of imidazole rings is 1. The van der Waals surface area contributed by atoms with Crippen LogP contribution in [0.5, 0.6) is 0 Å². The smallest absolute Gasteiger partial charge is 0.321 e. The quantitative estimate of drug-likeness (QED) is 0.698. The van der Waals surface area contributed by atoms with Gasteiger partial charge in [0.25, 0.3) is 0 Å². The highest BCUT2D eigenvalue weighted by Gasteiger charge is 2.31. The number of amides is 2. The van der Waals surface area contributed by atoms with Gasteiger partial charge in [0, 0.05) is 41.9 Å². The van der Waals surface area contributed by atoms with Gasteiger partial charge in [0.15, 0.2) is 5.65 Å². The monoisotopic (exact) mass is 413 g/mol. The van der Waals surface area contributed by atoms with Gasteiger partial charge in [0.2, 0.25) is 0 Å². The van der Waals surface area contributed by atoms with Crippen molar-refractivity contribution in [2.24, 2.45) is 0 Å². The fourth-order valence-electron chi connectivity index (χ4n) is 3.49. The van der Waals surface area contributed by atoms with E-state index in [1.165, 1.54) is 0 Å². The second-order valence-corrected chi connectivity index (χ2v) is 7.34. The zero-order valence-corrected chi connectivity index (χ0v) is 16.1. The van der Waals surface area contributed by atoms with Crippen molar-refractivity contribution < 1.29 is 4.79 Å². The van der Waals surface area contributed by atoms with Crippen LogP contribution in [-0.4, -0.2) is 38.6 Å². The Morgan fingerprint density at radius 1 is 1.31 bits per heavy atom. The van der Waals surface area contributed by atoms with Crippen LogP contribution < -0.4 is 5.32 Å². The molecule has 0 saturated carbocycles. The first-order chi connectivity index (χ1) is 12.7. The third-order valence-electron chi connectivity index (χ3n) is 4.79. The van der Waals surface area contributed by atoms with Crippen molar-refractivity contribution in [1.82, 2.24) is 19.4 Å². The number of halogens is 1. The highest BCUT2D eigenvalue weighted by Crippen LogP contribution is 2.29. The van der Waals surface area contributed by atoms with Gasteiger partial charge in [-0.15, -0.1) is 0 Å². The summed E-state index contributed by atoms with van der Waals surface area (Å²) in [5.74, 6) is 1.26. The van der Waals surface area contributed by atoms with Gasteiger partial charge in [-0.2, -0.15) is 0 Å². The second-order valence-electron chi connectivity index (χ2n) is 6.43. The Morgan fingerprint density at radius 2 is 2.12 bits per heavy atom. The van der Waals surface area contributed by atoms with Gasteiger partial charge >= 0.3 is 6.03 Å². The number of fused-ring (bicyclic) bond motifs is 1. The summed E-state index contributed by atoms with van der Waals surface area (Å²) in [5.41, 5.74) is 2.64. The fourth-order valence-corrected chi connectivity index (χ4v) is 3.75. The number of hydrogen-bond donors (Lipinski definition) is 1. The number of benzene rings is 1.